The second kappa shape index (κ2) is 11.2. The van der Waals surface area contributed by atoms with Crippen molar-refractivity contribution in [1.82, 2.24) is 14.5 Å². The van der Waals surface area contributed by atoms with Crippen LogP contribution in [0.3, 0.4) is 0 Å². The Hall–Kier alpha value is -4.27. The van der Waals surface area contributed by atoms with E-state index in [1.165, 1.54) is 4.90 Å². The van der Waals surface area contributed by atoms with Crippen molar-refractivity contribution in [3.05, 3.63) is 77.4 Å². The van der Waals surface area contributed by atoms with Crippen molar-refractivity contribution < 1.29 is 28.9 Å². The van der Waals surface area contributed by atoms with Gasteiger partial charge in [0.15, 0.2) is 11.5 Å². The highest BCUT2D eigenvalue weighted by molar-refractivity contribution is 6.46. The first-order valence-electron chi connectivity index (χ1n) is 13.3. The molecule has 9 nitrogen and oxygen atoms in total. The van der Waals surface area contributed by atoms with E-state index < -0.39 is 17.7 Å². The van der Waals surface area contributed by atoms with Crippen LogP contribution in [-0.4, -0.2) is 57.1 Å². The Labute approximate surface area is 227 Å². The number of hydrogen-bond acceptors (Lipinski definition) is 7. The van der Waals surface area contributed by atoms with E-state index in [4.69, 9.17) is 14.2 Å². The molecule has 1 N–H and O–H groups in total. The molecule has 3 heterocycles. The number of fused-ring (bicyclic) bond motifs is 1. The summed E-state index contributed by atoms with van der Waals surface area (Å²) in [5.74, 6) is 0.305. The topological polar surface area (TPSA) is 103 Å². The highest BCUT2D eigenvalue weighted by Crippen LogP contribution is 2.43. The van der Waals surface area contributed by atoms with E-state index in [1.54, 1.807) is 36.8 Å². The Morgan fingerprint density at radius 2 is 1.87 bits per heavy atom. The molecule has 2 aromatic carbocycles. The summed E-state index contributed by atoms with van der Waals surface area (Å²) in [7, 11) is 0. The predicted octanol–water partition coefficient (Wildman–Crippen LogP) is 4.52. The van der Waals surface area contributed by atoms with Crippen molar-refractivity contribution >= 4 is 17.4 Å². The molecule has 9 heteroatoms. The number of rotatable bonds is 10. The number of carbonyl (C=O) groups is 2. The van der Waals surface area contributed by atoms with E-state index >= 15 is 0 Å². The lowest BCUT2D eigenvalue weighted by molar-refractivity contribution is -0.139. The lowest BCUT2D eigenvalue weighted by Gasteiger charge is -2.26. The summed E-state index contributed by atoms with van der Waals surface area (Å²) < 4.78 is 19.3. The number of ether oxygens (including phenoxy) is 3. The number of aliphatic hydroxyl groups excluding tert-OH is 1. The molecule has 39 heavy (non-hydrogen) atoms. The molecule has 3 aromatic rings. The van der Waals surface area contributed by atoms with Crippen LogP contribution >= 0.6 is 0 Å². The number of imidazole rings is 1. The van der Waals surface area contributed by atoms with Crippen molar-refractivity contribution in [1.29, 1.82) is 0 Å². The van der Waals surface area contributed by atoms with E-state index in [0.717, 1.165) is 11.3 Å². The number of Topliss-reactive ketones (excluding diaryl/α,β-unsaturated/α-hetero) is 1. The normalized spacial score (nSPS) is 19.7. The number of aromatic nitrogens is 2. The maximum Gasteiger partial charge on any atom is 0.295 e. The highest BCUT2D eigenvalue weighted by Gasteiger charge is 2.46. The van der Waals surface area contributed by atoms with Crippen LogP contribution in [0, 0.1) is 0 Å². The molecule has 5 rings (SSSR count). The molecule has 0 spiro atoms. The molecule has 0 unspecified atom stereocenters. The Bertz CT molecular complexity index is 1400. The molecular weight excluding hydrogens is 498 g/mol. The van der Waals surface area contributed by atoms with Gasteiger partial charge in [0, 0.05) is 37.5 Å². The molecule has 2 atom stereocenters. The third-order valence-electron chi connectivity index (χ3n) is 6.97. The zero-order valence-electron chi connectivity index (χ0n) is 22.4. The largest absolute Gasteiger partial charge is 0.507 e. The lowest BCUT2D eigenvalue weighted by atomic mass is 9.94. The van der Waals surface area contributed by atoms with Gasteiger partial charge in [-0.2, -0.15) is 0 Å². The third-order valence-corrected chi connectivity index (χ3v) is 6.97. The summed E-state index contributed by atoms with van der Waals surface area (Å²) in [5.41, 5.74) is 2.14. The van der Waals surface area contributed by atoms with Gasteiger partial charge in [-0.25, -0.2) is 4.98 Å². The van der Waals surface area contributed by atoms with E-state index in [9.17, 15) is 14.7 Å². The second-order valence-corrected chi connectivity index (χ2v) is 9.67. The Kier molecular flexibility index (Phi) is 7.58. The number of nitrogens with zero attached hydrogens (tertiary/aromatic N) is 3. The van der Waals surface area contributed by atoms with Gasteiger partial charge in [0.1, 0.15) is 17.6 Å². The molecule has 1 saturated heterocycles. The summed E-state index contributed by atoms with van der Waals surface area (Å²) in [6.45, 7) is 7.58. The van der Waals surface area contributed by atoms with Gasteiger partial charge in [-0.1, -0.05) is 6.07 Å². The maximum absolute atomic E-state index is 13.5. The van der Waals surface area contributed by atoms with Gasteiger partial charge in [0.2, 0.25) is 0 Å². The van der Waals surface area contributed by atoms with E-state index in [1.807, 2.05) is 43.7 Å². The summed E-state index contributed by atoms with van der Waals surface area (Å²) in [6, 6.07) is 9.96. The Morgan fingerprint density at radius 1 is 1.08 bits per heavy atom. The van der Waals surface area contributed by atoms with Crippen LogP contribution < -0.4 is 14.2 Å². The molecule has 0 radical (unpaired) electrons. The second-order valence-electron chi connectivity index (χ2n) is 9.67. The number of aliphatic hydroxyl groups is 1. The van der Waals surface area contributed by atoms with Crippen LogP contribution in [0.1, 0.15) is 49.9 Å². The quantitative estimate of drug-likeness (QED) is 0.233. The van der Waals surface area contributed by atoms with E-state index in [-0.39, 0.29) is 17.4 Å². The van der Waals surface area contributed by atoms with Crippen molar-refractivity contribution in [3.8, 4) is 17.2 Å². The Morgan fingerprint density at radius 3 is 2.62 bits per heavy atom. The average molecular weight is 532 g/mol. The van der Waals surface area contributed by atoms with Crippen molar-refractivity contribution in [2.75, 3.05) is 19.8 Å². The summed E-state index contributed by atoms with van der Waals surface area (Å²) in [4.78, 5) is 32.4. The molecule has 1 aromatic heterocycles. The molecule has 2 aliphatic heterocycles. The molecule has 0 aliphatic carbocycles. The predicted molar refractivity (Wildman–Crippen MR) is 145 cm³/mol. The van der Waals surface area contributed by atoms with Crippen LogP contribution in [0.5, 0.6) is 17.2 Å². The summed E-state index contributed by atoms with van der Waals surface area (Å²) in [6.07, 6.45) is 6.61. The van der Waals surface area contributed by atoms with Gasteiger partial charge in [-0.15, -0.1) is 0 Å². The van der Waals surface area contributed by atoms with Crippen molar-refractivity contribution in [2.24, 2.45) is 0 Å². The van der Waals surface area contributed by atoms with Gasteiger partial charge in [-0.3, -0.25) is 9.59 Å². The first-order valence-corrected chi connectivity index (χ1v) is 13.3. The third kappa shape index (κ3) is 5.21. The zero-order chi connectivity index (χ0) is 27.5. The number of benzene rings is 2. The molecule has 2 aliphatic rings. The SMILES string of the molecule is CCOc1ccc([C@@H]2C(=C(O)c3ccc4c(c3)C[C@H](C)O4)C(=O)C(=O)N2CCCn2ccnc2)cc1OCC. The van der Waals surface area contributed by atoms with Crippen molar-refractivity contribution in [3.63, 3.8) is 0 Å². The van der Waals surface area contributed by atoms with Gasteiger partial charge in [0.05, 0.1) is 31.2 Å². The van der Waals surface area contributed by atoms with Crippen LogP contribution in [0.4, 0.5) is 0 Å². The lowest BCUT2D eigenvalue weighted by Crippen LogP contribution is -2.31. The van der Waals surface area contributed by atoms with Gasteiger partial charge in [0.25, 0.3) is 11.7 Å². The van der Waals surface area contributed by atoms with Gasteiger partial charge >= 0.3 is 0 Å². The fraction of sp³-hybridized carbons (Fsp3) is 0.367. The number of hydrogen-bond donors (Lipinski definition) is 1. The summed E-state index contributed by atoms with van der Waals surface area (Å²) in [5, 5.41) is 11.5. The maximum atomic E-state index is 13.5. The number of amides is 1. The molecule has 0 bridgehead atoms. The number of aryl methyl sites for hydroxylation is 1. The van der Waals surface area contributed by atoms with E-state index in [0.29, 0.717) is 61.8 Å². The fourth-order valence-corrected chi connectivity index (χ4v) is 5.26. The highest BCUT2D eigenvalue weighted by atomic mass is 16.5. The first kappa shape index (κ1) is 26.3. The average Bonchev–Trinajstić information content (AvgIpc) is 3.63. The number of likely N-dealkylation sites (tertiary alicyclic amines) is 1. The van der Waals surface area contributed by atoms with Gasteiger partial charge in [-0.05, 0) is 68.7 Å². The number of carbonyl (C=O) groups excluding carboxylic acids is 2. The smallest absolute Gasteiger partial charge is 0.295 e. The first-order chi connectivity index (χ1) is 18.9. The van der Waals surface area contributed by atoms with Crippen LogP contribution in [0.25, 0.3) is 5.76 Å². The molecule has 1 fully saturated rings. The minimum Gasteiger partial charge on any atom is -0.507 e. The molecule has 204 valence electrons. The van der Waals surface area contributed by atoms with Gasteiger partial charge < -0.3 is 28.8 Å². The molecule has 1 amide bonds. The van der Waals surface area contributed by atoms with Crippen LogP contribution in [-0.2, 0) is 22.6 Å². The minimum absolute atomic E-state index is 0.0410. The molecular formula is C30H33N3O6. The van der Waals surface area contributed by atoms with Crippen LogP contribution in [0.15, 0.2) is 60.7 Å². The van der Waals surface area contributed by atoms with E-state index in [2.05, 4.69) is 4.98 Å². The Balaban J connectivity index is 1.57. The number of ketones is 1. The van der Waals surface area contributed by atoms with Crippen LogP contribution in [0.2, 0.25) is 0 Å². The molecule has 0 saturated carbocycles. The summed E-state index contributed by atoms with van der Waals surface area (Å²) >= 11 is 0. The van der Waals surface area contributed by atoms with Crippen molar-refractivity contribution in [2.45, 2.75) is 52.3 Å². The fourth-order valence-electron chi connectivity index (χ4n) is 5.26. The zero-order valence-corrected chi connectivity index (χ0v) is 22.4. The standard InChI is InChI=1S/C30H33N3O6/c1-4-37-24-10-7-20(17-25(24)38-5-2)27-26(28(34)21-8-9-23-22(16-21)15-19(3)39-23)29(35)30(36)33(27)13-6-12-32-14-11-31-18-32/h7-11,14,16-19,27,34H,4-6,12-13,15H2,1-3H3/t19-,27+/m0/s1. The monoisotopic (exact) mass is 531 g/mol. The minimum atomic E-state index is -0.786.